The molecule has 1 aromatic carbocycles. The van der Waals surface area contributed by atoms with Gasteiger partial charge in [0.15, 0.2) is 10.8 Å². The minimum Gasteiger partial charge on any atom is -0.542 e. The number of amides is 2. The number of carboxylic acid groups (broad SMARTS) is 2. The normalized spacial score (nSPS) is 18.9. The molecular weight excluding hydrogens is 798 g/mol. The highest BCUT2D eigenvalue weighted by Crippen LogP contribution is 2.33. The van der Waals surface area contributed by atoms with Crippen LogP contribution in [0.3, 0.4) is 0 Å². The SMILES string of the molecule is CC1(C)[C@H](NC(=O)/C(=N\O[C@@H](COc2ccc3nc(NC4CC[N+](C)(C)CC4)ccc3c2)C(=O)O)c2csc(N)n2)C(=O)N1OS(=O)(=O)O.O=C([O-])C(F)(F)F. The standard InChI is InChI=1S/C29H36N8O10S2.C2HF3O2/c1-29(2)24(26(39)36(29)47-49(42,43)44)34-25(38)23(20-15-48-28(30)33-20)35-46-21(27(40)41)14-45-18-6-7-19-16(13-18)5-8-22(32-19)31-17-9-11-37(3,4)12-10-17;3-2(4,5)1(6)7/h5-8,13,15,17,21,24H,9-12,14H2,1-4H3,(H5-,30,31,32,33,34,38,40,41,42,43,44);(H,6,7)/b35-23-;/t21-,24+;/m0./s1. The zero-order valence-corrected chi connectivity index (χ0v) is 31.6. The number of benzene rings is 1. The number of carbonyl (C=O) groups is 4. The number of quaternary nitrogens is 1. The van der Waals surface area contributed by atoms with Crippen molar-refractivity contribution in [3.8, 4) is 5.75 Å². The lowest BCUT2D eigenvalue weighted by atomic mass is 9.84. The first-order chi connectivity index (χ1) is 25.9. The Bertz CT molecular complexity index is 2100. The number of fused-ring (bicyclic) bond motifs is 1. The summed E-state index contributed by atoms with van der Waals surface area (Å²) in [6.45, 7) is 4.41. The Kier molecular flexibility index (Phi) is 13.0. The monoisotopic (exact) mass is 834 g/mol. The smallest absolute Gasteiger partial charge is 0.430 e. The zero-order chi connectivity index (χ0) is 41.8. The molecule has 0 bridgehead atoms. The van der Waals surface area contributed by atoms with Crippen LogP contribution in [0.1, 0.15) is 32.4 Å². The van der Waals surface area contributed by atoms with E-state index in [-0.39, 0.29) is 10.8 Å². The Morgan fingerprint density at radius 3 is 2.36 bits per heavy atom. The average molecular weight is 835 g/mol. The lowest BCUT2D eigenvalue weighted by molar-refractivity contribution is -0.895. The quantitative estimate of drug-likeness (QED) is 0.0509. The maximum atomic E-state index is 13.3. The number of alkyl halides is 3. The number of ether oxygens (including phenoxy) is 1. The van der Waals surface area contributed by atoms with Crippen LogP contribution in [0.5, 0.6) is 5.75 Å². The maximum Gasteiger partial charge on any atom is 0.430 e. The minimum absolute atomic E-state index is 0.0624. The average Bonchev–Trinajstić information content (AvgIpc) is 3.53. The Balaban J connectivity index is 0.000000908. The molecule has 4 heterocycles. The molecule has 0 radical (unpaired) electrons. The molecule has 25 heteroatoms. The lowest BCUT2D eigenvalue weighted by Crippen LogP contribution is -2.76. The van der Waals surface area contributed by atoms with E-state index in [2.05, 4.69) is 39.2 Å². The van der Waals surface area contributed by atoms with E-state index in [9.17, 15) is 41.1 Å². The second-order valence-electron chi connectivity index (χ2n) is 13.6. The van der Waals surface area contributed by atoms with Gasteiger partial charge in [0.1, 0.15) is 35.9 Å². The van der Waals surface area contributed by atoms with E-state index in [0.29, 0.717) is 16.9 Å². The van der Waals surface area contributed by atoms with Crippen LogP contribution < -0.4 is 26.2 Å². The van der Waals surface area contributed by atoms with Crippen molar-refractivity contribution in [3.05, 3.63) is 41.4 Å². The van der Waals surface area contributed by atoms with Crippen molar-refractivity contribution in [2.24, 2.45) is 5.16 Å². The number of thiazole rings is 1. The number of rotatable bonds is 13. The van der Waals surface area contributed by atoms with Crippen LogP contribution in [0, 0.1) is 0 Å². The van der Waals surface area contributed by atoms with Crippen LogP contribution >= 0.6 is 11.3 Å². The van der Waals surface area contributed by atoms with E-state index in [1.54, 1.807) is 18.2 Å². The van der Waals surface area contributed by atoms with Gasteiger partial charge in [0, 0.05) is 29.6 Å². The van der Waals surface area contributed by atoms with Gasteiger partial charge in [-0.2, -0.15) is 26.7 Å². The number of hydrogen-bond donors (Lipinski definition) is 5. The molecule has 0 aliphatic carbocycles. The number of aliphatic carboxylic acids is 2. The molecule has 2 fully saturated rings. The van der Waals surface area contributed by atoms with Crippen molar-refractivity contribution in [3.63, 3.8) is 0 Å². The number of carboxylic acids is 2. The number of oxime groups is 1. The number of carbonyl (C=O) groups excluding carboxylic acids is 3. The Morgan fingerprint density at radius 2 is 1.82 bits per heavy atom. The van der Waals surface area contributed by atoms with Crippen molar-refractivity contribution in [2.75, 3.05) is 44.8 Å². The Labute approximate surface area is 320 Å². The number of nitrogens with one attached hydrogen (secondary N) is 2. The van der Waals surface area contributed by atoms with E-state index in [0.717, 1.165) is 58.5 Å². The van der Waals surface area contributed by atoms with Crippen molar-refractivity contribution in [1.29, 1.82) is 0 Å². The van der Waals surface area contributed by atoms with Crippen LogP contribution in [-0.4, -0.2) is 131 Å². The molecule has 20 nitrogen and oxygen atoms in total. The van der Waals surface area contributed by atoms with Gasteiger partial charge in [0.25, 0.3) is 17.9 Å². The number of anilines is 2. The number of likely N-dealkylation sites (tertiary alicyclic amines) is 1. The summed E-state index contributed by atoms with van der Waals surface area (Å²) >= 11 is 0.964. The number of nitrogens with two attached hydrogens (primary N) is 1. The summed E-state index contributed by atoms with van der Waals surface area (Å²) in [7, 11) is -0.565. The van der Waals surface area contributed by atoms with Crippen LogP contribution in [-0.2, 0) is 38.7 Å². The van der Waals surface area contributed by atoms with Crippen LogP contribution in [0.15, 0.2) is 40.9 Å². The Hall–Kier alpha value is -5.37. The molecule has 2 aliphatic heterocycles. The van der Waals surface area contributed by atoms with Crippen LogP contribution in [0.25, 0.3) is 10.9 Å². The van der Waals surface area contributed by atoms with Gasteiger partial charge in [0.2, 0.25) is 0 Å². The van der Waals surface area contributed by atoms with E-state index >= 15 is 0 Å². The molecule has 5 rings (SSSR count). The van der Waals surface area contributed by atoms with Crippen molar-refractivity contribution in [1.82, 2.24) is 20.3 Å². The lowest BCUT2D eigenvalue weighted by Gasteiger charge is -2.50. The van der Waals surface area contributed by atoms with Gasteiger partial charge in [-0.3, -0.25) is 14.1 Å². The summed E-state index contributed by atoms with van der Waals surface area (Å²) in [5.41, 5.74) is 4.41. The highest BCUT2D eigenvalue weighted by Gasteiger charge is 2.58. The fourth-order valence-corrected chi connectivity index (χ4v) is 6.35. The highest BCUT2D eigenvalue weighted by molar-refractivity contribution is 7.80. The van der Waals surface area contributed by atoms with E-state index < -0.39 is 70.3 Å². The van der Waals surface area contributed by atoms with Gasteiger partial charge in [-0.05, 0) is 44.2 Å². The van der Waals surface area contributed by atoms with Gasteiger partial charge in [-0.25, -0.2) is 14.8 Å². The number of piperidine rings is 1. The van der Waals surface area contributed by atoms with Crippen LogP contribution in [0.2, 0.25) is 0 Å². The molecule has 3 aromatic rings. The molecule has 2 saturated heterocycles. The second-order valence-corrected chi connectivity index (χ2v) is 15.5. The molecular formula is C31H37F3N8O12S2. The molecule has 0 saturated carbocycles. The van der Waals surface area contributed by atoms with Gasteiger partial charge in [-0.15, -0.1) is 15.6 Å². The first-order valence-electron chi connectivity index (χ1n) is 16.3. The van der Waals surface area contributed by atoms with Gasteiger partial charge >= 0.3 is 22.5 Å². The summed E-state index contributed by atoms with van der Waals surface area (Å²) < 4.78 is 73.7. The number of halogens is 3. The van der Waals surface area contributed by atoms with Crippen molar-refractivity contribution < 1.29 is 73.9 Å². The fraction of sp³-hybridized carbons (Fsp3) is 0.452. The van der Waals surface area contributed by atoms with Crippen molar-refractivity contribution in [2.45, 2.75) is 56.6 Å². The number of β-lactam (4-membered cyclic amide) rings is 1. The molecule has 2 aliphatic rings. The summed E-state index contributed by atoms with van der Waals surface area (Å²) in [5, 5.41) is 30.8. The summed E-state index contributed by atoms with van der Waals surface area (Å²) in [6, 6.07) is 7.90. The topological polar surface area (TPSA) is 285 Å². The third-order valence-corrected chi connectivity index (χ3v) is 9.47. The molecule has 306 valence electrons. The van der Waals surface area contributed by atoms with Gasteiger partial charge < -0.3 is 45.4 Å². The number of hydroxylamine groups is 2. The van der Waals surface area contributed by atoms with Gasteiger partial charge in [-0.1, -0.05) is 5.16 Å². The first kappa shape index (κ1) is 43.4. The van der Waals surface area contributed by atoms with Crippen LogP contribution in [0.4, 0.5) is 24.1 Å². The summed E-state index contributed by atoms with van der Waals surface area (Å²) in [5.74, 6) is -5.35. The molecule has 2 atom stereocenters. The molecule has 6 N–H and O–H groups in total. The van der Waals surface area contributed by atoms with E-state index in [1.807, 2.05) is 12.1 Å². The number of pyridine rings is 1. The molecule has 0 unspecified atom stereocenters. The third kappa shape index (κ3) is 11.3. The third-order valence-electron chi connectivity index (χ3n) is 8.46. The minimum atomic E-state index is -5.19. The van der Waals surface area contributed by atoms with E-state index in [4.69, 9.17) is 34.7 Å². The van der Waals surface area contributed by atoms with Gasteiger partial charge in [0.05, 0.1) is 38.2 Å². The highest BCUT2D eigenvalue weighted by atomic mass is 32.3. The first-order valence-corrected chi connectivity index (χ1v) is 18.5. The second kappa shape index (κ2) is 16.8. The zero-order valence-electron chi connectivity index (χ0n) is 30.0. The molecule has 2 aromatic heterocycles. The number of aromatic nitrogens is 2. The van der Waals surface area contributed by atoms with E-state index in [1.165, 1.54) is 19.2 Å². The molecule has 0 spiro atoms. The predicted octanol–water partition coefficient (Wildman–Crippen LogP) is 0.316. The summed E-state index contributed by atoms with van der Waals surface area (Å²) in [6.07, 6.45) is -4.78. The Morgan fingerprint density at radius 1 is 1.18 bits per heavy atom. The number of nitrogens with zero attached hydrogens (tertiary/aromatic N) is 5. The number of nitrogen functional groups attached to an aromatic ring is 1. The largest absolute Gasteiger partial charge is 0.542 e. The maximum absolute atomic E-state index is 13.3. The molecule has 56 heavy (non-hydrogen) atoms. The fourth-order valence-electron chi connectivity index (χ4n) is 5.35. The number of hydrogen-bond acceptors (Lipinski definition) is 16. The molecule has 2 amide bonds. The predicted molar refractivity (Wildman–Crippen MR) is 188 cm³/mol. The van der Waals surface area contributed by atoms with Crippen molar-refractivity contribution >= 4 is 73.1 Å². The summed E-state index contributed by atoms with van der Waals surface area (Å²) in [4.78, 5) is 60.6.